The normalized spacial score (nSPS) is 8.33. The molecule has 0 aromatic rings. The molecule has 0 saturated carbocycles. The molecule has 0 atom stereocenters. The van der Waals surface area contributed by atoms with Crippen molar-refractivity contribution in [2.75, 3.05) is 6.54 Å². The van der Waals surface area contributed by atoms with Crippen molar-refractivity contribution in [1.82, 2.24) is 5.06 Å². The second-order valence-corrected chi connectivity index (χ2v) is 1.75. The van der Waals surface area contributed by atoms with E-state index in [1.54, 1.807) is 0 Å². The van der Waals surface area contributed by atoms with Gasteiger partial charge in [-0.3, -0.25) is 0 Å². The third-order valence-corrected chi connectivity index (χ3v) is 0.875. The lowest BCUT2D eigenvalue weighted by Crippen LogP contribution is -2.31. The third-order valence-electron chi connectivity index (χ3n) is 0.875. The Balaban J connectivity index is 4.12. The average molecular weight is 171 g/mol. The van der Waals surface area contributed by atoms with Gasteiger partial charge in [-0.15, -0.1) is 11.6 Å². The Morgan fingerprint density at radius 2 is 2.08 bits per heavy atom. The summed E-state index contributed by atoms with van der Waals surface area (Å²) in [6.07, 6.45) is 0.814. The second-order valence-electron chi connectivity index (χ2n) is 1.75. The van der Waals surface area contributed by atoms with Crippen LogP contribution in [0.5, 0.6) is 0 Å². The van der Waals surface area contributed by atoms with Crippen molar-refractivity contribution < 1.29 is 19.5 Å². The van der Waals surface area contributed by atoms with Crippen molar-refractivity contribution in [3.63, 3.8) is 0 Å². The van der Waals surface area contributed by atoms with Gasteiger partial charge in [0.2, 0.25) is 0 Å². The van der Waals surface area contributed by atoms with Crippen LogP contribution in [0, 0.1) is 0 Å². The Kier molecular flexibility index (Phi) is 4.21. The van der Waals surface area contributed by atoms with E-state index < -0.39 is 12.1 Å². The minimum absolute atomic E-state index is 0.0745. The van der Waals surface area contributed by atoms with E-state index in [0.717, 1.165) is 6.08 Å². The standard InChI is InChI=1S/C7H9NO4/c1-3-5-8(7(10)11)12-6(9)4-2/h3-4H,1-2,5H2,(H,10,11). The van der Waals surface area contributed by atoms with Gasteiger partial charge in [-0.05, 0) is 0 Å². The summed E-state index contributed by atoms with van der Waals surface area (Å²) >= 11 is 0. The fourth-order valence-corrected chi connectivity index (χ4v) is 0.418. The number of hydrogen-bond acceptors (Lipinski definition) is 3. The van der Waals surface area contributed by atoms with Crippen LogP contribution in [0.4, 0.5) is 4.79 Å². The largest absolute Gasteiger partial charge is 0.463 e. The number of hydroxylamine groups is 2. The van der Waals surface area contributed by atoms with Gasteiger partial charge in [0.05, 0.1) is 6.54 Å². The lowest BCUT2D eigenvalue weighted by atomic mass is 10.6. The van der Waals surface area contributed by atoms with Gasteiger partial charge in [-0.25, -0.2) is 9.59 Å². The van der Waals surface area contributed by atoms with Crippen molar-refractivity contribution in [2.45, 2.75) is 0 Å². The zero-order valence-corrected chi connectivity index (χ0v) is 6.40. The van der Waals surface area contributed by atoms with Crippen LogP contribution in [0.3, 0.4) is 0 Å². The first-order chi connectivity index (χ1) is 5.61. The fourth-order valence-electron chi connectivity index (χ4n) is 0.418. The zero-order valence-electron chi connectivity index (χ0n) is 6.40. The molecule has 0 radical (unpaired) electrons. The highest BCUT2D eigenvalue weighted by atomic mass is 16.7. The first kappa shape index (κ1) is 10.2. The van der Waals surface area contributed by atoms with Crippen LogP contribution in [0.25, 0.3) is 0 Å². The molecule has 0 rings (SSSR count). The molecule has 0 spiro atoms. The fraction of sp³-hybridized carbons (Fsp3) is 0.143. The van der Waals surface area contributed by atoms with Crippen molar-refractivity contribution >= 4 is 12.1 Å². The van der Waals surface area contributed by atoms with Gasteiger partial charge in [0.15, 0.2) is 0 Å². The highest BCUT2D eigenvalue weighted by molar-refractivity contribution is 5.82. The maximum Gasteiger partial charge on any atom is 0.441 e. The summed E-state index contributed by atoms with van der Waals surface area (Å²) in [7, 11) is 0. The summed E-state index contributed by atoms with van der Waals surface area (Å²) in [5.74, 6) is -0.820. The Morgan fingerprint density at radius 3 is 2.42 bits per heavy atom. The summed E-state index contributed by atoms with van der Waals surface area (Å²) in [5, 5.41) is 8.87. The van der Waals surface area contributed by atoms with Crippen LogP contribution in [0.15, 0.2) is 25.3 Å². The number of carbonyl (C=O) groups excluding carboxylic acids is 1. The number of rotatable bonds is 3. The molecule has 0 aromatic heterocycles. The number of nitrogens with zero attached hydrogens (tertiary/aromatic N) is 1. The highest BCUT2D eigenvalue weighted by Crippen LogP contribution is 1.92. The predicted octanol–water partition coefficient (Wildman–Crippen LogP) is 0.797. The van der Waals surface area contributed by atoms with Crippen molar-refractivity contribution in [2.24, 2.45) is 0 Å². The molecule has 5 heteroatoms. The third kappa shape index (κ3) is 3.40. The average Bonchev–Trinajstić information content (AvgIpc) is 2.03. The summed E-state index contributed by atoms with van der Waals surface area (Å²) in [5.41, 5.74) is 0. The molecule has 12 heavy (non-hydrogen) atoms. The van der Waals surface area contributed by atoms with Crippen LogP contribution >= 0.6 is 0 Å². The van der Waals surface area contributed by atoms with E-state index in [1.165, 1.54) is 6.08 Å². The van der Waals surface area contributed by atoms with E-state index in [2.05, 4.69) is 18.0 Å². The quantitative estimate of drug-likeness (QED) is 0.387. The van der Waals surface area contributed by atoms with Gasteiger partial charge in [0.1, 0.15) is 0 Å². The summed E-state index contributed by atoms with van der Waals surface area (Å²) < 4.78 is 0. The summed E-state index contributed by atoms with van der Waals surface area (Å²) in [6, 6.07) is 0. The zero-order chi connectivity index (χ0) is 9.56. The molecule has 0 aliphatic heterocycles. The molecule has 0 unspecified atom stereocenters. The number of hydrogen-bond donors (Lipinski definition) is 1. The van der Waals surface area contributed by atoms with E-state index in [1.807, 2.05) is 0 Å². The van der Waals surface area contributed by atoms with E-state index >= 15 is 0 Å². The molecule has 0 saturated heterocycles. The van der Waals surface area contributed by atoms with Gasteiger partial charge >= 0.3 is 12.1 Å². The lowest BCUT2D eigenvalue weighted by molar-refractivity contribution is -0.171. The number of amides is 1. The molecule has 0 aromatic carbocycles. The van der Waals surface area contributed by atoms with Crippen LogP contribution in [0.2, 0.25) is 0 Å². The minimum Gasteiger partial charge on any atom is -0.463 e. The molecule has 0 aliphatic carbocycles. The Bertz CT molecular complexity index is 211. The van der Waals surface area contributed by atoms with Crippen molar-refractivity contribution in [3.05, 3.63) is 25.3 Å². The molecule has 1 amide bonds. The van der Waals surface area contributed by atoms with Gasteiger partial charge in [-0.2, -0.15) is 0 Å². The van der Waals surface area contributed by atoms with Gasteiger partial charge < -0.3 is 9.94 Å². The minimum atomic E-state index is -1.36. The van der Waals surface area contributed by atoms with E-state index in [-0.39, 0.29) is 6.54 Å². The molecule has 0 bridgehead atoms. The predicted molar refractivity (Wildman–Crippen MR) is 41.2 cm³/mol. The smallest absolute Gasteiger partial charge is 0.441 e. The number of carboxylic acid groups (broad SMARTS) is 1. The molecule has 0 heterocycles. The van der Waals surface area contributed by atoms with Gasteiger partial charge in [-0.1, -0.05) is 12.7 Å². The molecule has 66 valence electrons. The monoisotopic (exact) mass is 171 g/mol. The number of carbonyl (C=O) groups is 2. The van der Waals surface area contributed by atoms with Crippen molar-refractivity contribution in [1.29, 1.82) is 0 Å². The first-order valence-electron chi connectivity index (χ1n) is 3.07. The molecule has 0 aliphatic rings. The summed E-state index contributed by atoms with van der Waals surface area (Å²) in [4.78, 5) is 25.1. The SMILES string of the molecule is C=CCN(OC(=O)C=C)C(=O)O. The molecule has 0 fully saturated rings. The summed E-state index contributed by atoms with van der Waals surface area (Å²) in [6.45, 7) is 6.33. The Hall–Kier alpha value is -1.78. The lowest BCUT2D eigenvalue weighted by Gasteiger charge is -2.13. The highest BCUT2D eigenvalue weighted by Gasteiger charge is 2.13. The maximum absolute atomic E-state index is 10.5. The van der Waals surface area contributed by atoms with E-state index in [4.69, 9.17) is 5.11 Å². The topological polar surface area (TPSA) is 66.8 Å². The van der Waals surface area contributed by atoms with Crippen LogP contribution < -0.4 is 0 Å². The van der Waals surface area contributed by atoms with Crippen LogP contribution in [0.1, 0.15) is 0 Å². The van der Waals surface area contributed by atoms with Gasteiger partial charge in [0, 0.05) is 6.08 Å². The van der Waals surface area contributed by atoms with E-state index in [0.29, 0.717) is 5.06 Å². The molecule has 1 N–H and O–H groups in total. The first-order valence-corrected chi connectivity index (χ1v) is 3.07. The van der Waals surface area contributed by atoms with Gasteiger partial charge in [0.25, 0.3) is 0 Å². The van der Waals surface area contributed by atoms with E-state index in [9.17, 15) is 9.59 Å². The Morgan fingerprint density at radius 1 is 1.50 bits per heavy atom. The molecular weight excluding hydrogens is 162 g/mol. The Labute approximate surface area is 69.5 Å². The second kappa shape index (κ2) is 4.95. The van der Waals surface area contributed by atoms with Crippen LogP contribution in [-0.2, 0) is 9.63 Å². The van der Waals surface area contributed by atoms with Crippen LogP contribution in [-0.4, -0.2) is 28.8 Å². The molecule has 5 nitrogen and oxygen atoms in total. The van der Waals surface area contributed by atoms with Crippen molar-refractivity contribution in [3.8, 4) is 0 Å². The maximum atomic E-state index is 10.5. The molecular formula is C7H9NO4.